The van der Waals surface area contributed by atoms with E-state index >= 15 is 0 Å². The Kier molecular flexibility index (Phi) is 9.81. The molecule has 1 amide bonds. The van der Waals surface area contributed by atoms with Gasteiger partial charge in [0.1, 0.15) is 23.5 Å². The van der Waals surface area contributed by atoms with Crippen molar-refractivity contribution in [2.45, 2.75) is 53.1 Å². The maximum Gasteiger partial charge on any atom is 0.223 e. The fraction of sp³-hybridized carbons (Fsp3) is 0.306. The maximum absolute atomic E-state index is 13.6. The highest BCUT2D eigenvalue weighted by Crippen LogP contribution is 2.39. The molecule has 11 heteroatoms. The molecule has 0 bridgehead atoms. The summed E-state index contributed by atoms with van der Waals surface area (Å²) in [6.07, 6.45) is 1.86. The molecule has 0 unspecified atom stereocenters. The highest BCUT2D eigenvalue weighted by Gasteiger charge is 2.32. The van der Waals surface area contributed by atoms with Gasteiger partial charge in [0.2, 0.25) is 11.8 Å². The van der Waals surface area contributed by atoms with Gasteiger partial charge in [0.15, 0.2) is 5.82 Å². The number of hydrogen-bond donors (Lipinski definition) is 1. The minimum absolute atomic E-state index is 0.119. The Balaban J connectivity index is 1.21. The summed E-state index contributed by atoms with van der Waals surface area (Å²) in [5, 5.41) is 13.8. The number of aromatic nitrogens is 4. The number of nitrogens with one attached hydrogen (secondary N) is 1. The molecule has 1 aliphatic rings. The molecule has 0 radical (unpaired) electrons. The van der Waals surface area contributed by atoms with Gasteiger partial charge in [-0.25, -0.2) is 4.98 Å². The first kappa shape index (κ1) is 32.6. The number of halogens is 1. The van der Waals surface area contributed by atoms with Crippen LogP contribution < -0.4 is 10.1 Å². The lowest BCUT2D eigenvalue weighted by atomic mass is 9.99. The molecule has 2 atom stereocenters. The van der Waals surface area contributed by atoms with Crippen molar-refractivity contribution in [3.63, 3.8) is 0 Å². The van der Waals surface area contributed by atoms with Gasteiger partial charge < -0.3 is 14.8 Å². The van der Waals surface area contributed by atoms with Gasteiger partial charge >= 0.3 is 0 Å². The topological polar surface area (TPSA) is 104 Å². The third kappa shape index (κ3) is 7.00. The fourth-order valence-corrected chi connectivity index (χ4v) is 7.01. The maximum atomic E-state index is 13.6. The zero-order valence-corrected chi connectivity index (χ0v) is 28.7. The second-order valence-corrected chi connectivity index (χ2v) is 13.1. The molecule has 0 fully saturated rings. The number of carbonyl (C=O) groups is 1. The van der Waals surface area contributed by atoms with Crippen LogP contribution in [0.25, 0.3) is 16.1 Å². The van der Waals surface area contributed by atoms with Gasteiger partial charge in [-0.2, -0.15) is 0 Å². The van der Waals surface area contributed by atoms with Gasteiger partial charge in [0.05, 0.1) is 24.8 Å². The largest absolute Gasteiger partial charge is 0.475 e. The molecule has 4 heterocycles. The summed E-state index contributed by atoms with van der Waals surface area (Å²) in [4.78, 5) is 24.3. The van der Waals surface area contributed by atoms with Crippen molar-refractivity contribution in [1.82, 2.24) is 25.1 Å². The third-order valence-corrected chi connectivity index (χ3v) is 9.72. The average molecular weight is 669 g/mol. The summed E-state index contributed by atoms with van der Waals surface area (Å²) >= 11 is 7.93. The zero-order valence-electron chi connectivity index (χ0n) is 27.1. The van der Waals surface area contributed by atoms with Crippen LogP contribution in [0.3, 0.4) is 0 Å². The molecule has 0 saturated carbocycles. The SMILES string of the molecule is CCOCCOc1cc(-c2ccc([C@@H](C)NC(=O)C[C@@H]3N=C(c4ccc(Cl)cc4)c4c(sc(C)c4C)-n4c(C)nnc43)cc2)ccn1. The van der Waals surface area contributed by atoms with Gasteiger partial charge in [-0.15, -0.1) is 21.5 Å². The summed E-state index contributed by atoms with van der Waals surface area (Å²) in [5.74, 6) is 1.84. The number of fused-ring (bicyclic) bond motifs is 3. The lowest BCUT2D eigenvalue weighted by Gasteiger charge is -2.17. The van der Waals surface area contributed by atoms with Crippen LogP contribution in [0.1, 0.15) is 71.1 Å². The van der Waals surface area contributed by atoms with E-state index in [1.807, 2.05) is 81.4 Å². The summed E-state index contributed by atoms with van der Waals surface area (Å²) in [5.41, 5.74) is 6.96. The zero-order chi connectivity index (χ0) is 33.1. The minimum Gasteiger partial charge on any atom is -0.475 e. The monoisotopic (exact) mass is 668 g/mol. The van der Waals surface area contributed by atoms with E-state index in [1.54, 1.807) is 17.5 Å². The Morgan fingerprint density at radius 2 is 1.74 bits per heavy atom. The summed E-state index contributed by atoms with van der Waals surface area (Å²) in [6, 6.07) is 18.9. The van der Waals surface area contributed by atoms with Crippen molar-refractivity contribution in [2.75, 3.05) is 19.8 Å². The number of ether oxygens (including phenoxy) is 2. The van der Waals surface area contributed by atoms with E-state index in [0.717, 1.165) is 49.9 Å². The Morgan fingerprint density at radius 1 is 1.00 bits per heavy atom. The predicted octanol–water partition coefficient (Wildman–Crippen LogP) is 7.54. The number of amides is 1. The molecule has 47 heavy (non-hydrogen) atoms. The normalized spacial score (nSPS) is 14.5. The molecule has 1 N–H and O–H groups in total. The van der Waals surface area contributed by atoms with Crippen LogP contribution in [0.2, 0.25) is 5.02 Å². The lowest BCUT2D eigenvalue weighted by molar-refractivity contribution is -0.122. The van der Waals surface area contributed by atoms with Crippen LogP contribution in [0.15, 0.2) is 71.9 Å². The van der Waals surface area contributed by atoms with Crippen LogP contribution in [-0.2, 0) is 9.53 Å². The highest BCUT2D eigenvalue weighted by atomic mass is 35.5. The number of thiophene rings is 1. The van der Waals surface area contributed by atoms with Crippen LogP contribution in [0.4, 0.5) is 0 Å². The van der Waals surface area contributed by atoms with Crippen molar-refractivity contribution >= 4 is 34.6 Å². The summed E-state index contributed by atoms with van der Waals surface area (Å²) < 4.78 is 13.1. The molecule has 3 aromatic heterocycles. The van der Waals surface area contributed by atoms with E-state index in [-0.39, 0.29) is 18.4 Å². The third-order valence-electron chi connectivity index (χ3n) is 8.27. The second kappa shape index (κ2) is 14.2. The van der Waals surface area contributed by atoms with E-state index < -0.39 is 6.04 Å². The highest BCUT2D eigenvalue weighted by molar-refractivity contribution is 7.15. The Bertz CT molecular complexity index is 1920. The van der Waals surface area contributed by atoms with Crippen LogP contribution >= 0.6 is 22.9 Å². The number of carbonyl (C=O) groups excluding carboxylic acids is 1. The lowest BCUT2D eigenvalue weighted by Crippen LogP contribution is -2.28. The van der Waals surface area contributed by atoms with Crippen molar-refractivity contribution in [1.29, 1.82) is 0 Å². The molecule has 9 nitrogen and oxygen atoms in total. The van der Waals surface area contributed by atoms with Gasteiger partial charge in [0, 0.05) is 39.9 Å². The molecule has 5 aromatic rings. The Hall–Kier alpha value is -4.38. The van der Waals surface area contributed by atoms with E-state index in [9.17, 15) is 4.79 Å². The van der Waals surface area contributed by atoms with Crippen molar-refractivity contribution in [2.24, 2.45) is 4.99 Å². The van der Waals surface area contributed by atoms with Crippen LogP contribution in [0.5, 0.6) is 5.88 Å². The van der Waals surface area contributed by atoms with Gasteiger partial charge in [-0.3, -0.25) is 14.4 Å². The molecule has 1 aliphatic heterocycles. The van der Waals surface area contributed by atoms with E-state index in [1.165, 1.54) is 4.88 Å². The number of rotatable bonds is 11. The molecule has 6 rings (SSSR count). The van der Waals surface area contributed by atoms with Gasteiger partial charge in [-0.05, 0) is 75.1 Å². The number of aryl methyl sites for hydroxylation is 2. The number of nitrogens with zero attached hydrogens (tertiary/aromatic N) is 5. The average Bonchev–Trinajstić information content (AvgIpc) is 3.55. The smallest absolute Gasteiger partial charge is 0.223 e. The number of hydrogen-bond acceptors (Lipinski definition) is 8. The number of benzene rings is 2. The standard InChI is InChI=1S/C36H37ClN6O3S/c1-6-45-17-18-46-32-19-28(15-16-38-32)26-9-7-25(8-10-26)22(3)39-31(44)20-30-35-42-41-24(5)43(35)36-33(21(2)23(4)47-36)34(40-30)27-11-13-29(37)14-12-27/h7-16,19,22,30H,6,17-18,20H2,1-5H3,(H,39,44)/t22-,30+/m1/s1. The molecule has 2 aromatic carbocycles. The van der Waals surface area contributed by atoms with Crippen molar-refractivity contribution in [3.8, 4) is 22.0 Å². The first-order valence-electron chi connectivity index (χ1n) is 15.7. The summed E-state index contributed by atoms with van der Waals surface area (Å²) in [6.45, 7) is 11.7. The Labute approximate surface area is 283 Å². The first-order chi connectivity index (χ1) is 22.7. The predicted molar refractivity (Wildman–Crippen MR) is 186 cm³/mol. The van der Waals surface area contributed by atoms with Gasteiger partial charge in [-0.1, -0.05) is 48.0 Å². The minimum atomic E-state index is -0.535. The van der Waals surface area contributed by atoms with Crippen LogP contribution in [0, 0.1) is 20.8 Å². The first-order valence-corrected chi connectivity index (χ1v) is 16.9. The van der Waals surface area contributed by atoms with E-state index in [4.69, 9.17) is 26.1 Å². The van der Waals surface area contributed by atoms with Crippen molar-refractivity contribution in [3.05, 3.63) is 111 Å². The molecular weight excluding hydrogens is 632 g/mol. The molecular formula is C36H37ClN6O3S. The second-order valence-electron chi connectivity index (χ2n) is 11.4. The molecule has 0 saturated heterocycles. The van der Waals surface area contributed by atoms with E-state index in [0.29, 0.717) is 36.5 Å². The summed E-state index contributed by atoms with van der Waals surface area (Å²) in [7, 11) is 0. The number of aliphatic imine (C=N–C) groups is 1. The quantitative estimate of drug-likeness (QED) is 0.146. The van der Waals surface area contributed by atoms with Crippen LogP contribution in [-0.4, -0.2) is 51.2 Å². The van der Waals surface area contributed by atoms with Gasteiger partial charge in [0.25, 0.3) is 0 Å². The Morgan fingerprint density at radius 3 is 2.49 bits per heavy atom. The molecule has 0 aliphatic carbocycles. The van der Waals surface area contributed by atoms with E-state index in [2.05, 4.69) is 38.9 Å². The molecule has 242 valence electrons. The number of pyridine rings is 1. The van der Waals surface area contributed by atoms with Crippen molar-refractivity contribution < 1.29 is 14.3 Å². The fourth-order valence-electron chi connectivity index (χ4n) is 5.67. The molecule has 0 spiro atoms.